The molecule has 0 aromatic heterocycles. The second-order valence-corrected chi connectivity index (χ2v) is 6.05. The highest BCUT2D eigenvalue weighted by Gasteiger charge is 2.27. The van der Waals surface area contributed by atoms with Crippen LogP contribution in [0.1, 0.15) is 18.1 Å². The molecule has 23 heavy (non-hydrogen) atoms. The molecule has 0 unspecified atom stereocenters. The highest BCUT2D eigenvalue weighted by Crippen LogP contribution is 2.19. The first-order valence-corrected chi connectivity index (χ1v) is 8.14. The monoisotopic (exact) mass is 317 g/mol. The molecule has 3 rings (SSSR count). The molecule has 0 bridgehead atoms. The number of carbonyl (C=O) groups is 2. The zero-order chi connectivity index (χ0) is 16.2. The van der Waals surface area contributed by atoms with Gasteiger partial charge in [0.25, 0.3) is 0 Å². The maximum atomic E-state index is 12.6. The summed E-state index contributed by atoms with van der Waals surface area (Å²) in [5.41, 5.74) is 2.50. The number of urea groups is 1. The largest absolute Gasteiger partial charge is 0.378 e. The summed E-state index contributed by atoms with van der Waals surface area (Å²) >= 11 is 0. The zero-order valence-electron chi connectivity index (χ0n) is 13.5. The minimum Gasteiger partial charge on any atom is -0.378 e. The van der Waals surface area contributed by atoms with Gasteiger partial charge in [0.1, 0.15) is 6.04 Å². The third-order valence-corrected chi connectivity index (χ3v) is 4.45. The Labute approximate surface area is 136 Å². The second kappa shape index (κ2) is 7.00. The van der Waals surface area contributed by atoms with Gasteiger partial charge in [-0.1, -0.05) is 24.3 Å². The van der Waals surface area contributed by atoms with Gasteiger partial charge in [-0.05, 0) is 24.5 Å². The van der Waals surface area contributed by atoms with E-state index in [2.05, 4.69) is 17.4 Å². The number of nitrogens with zero attached hydrogens (tertiary/aromatic N) is 2. The number of benzene rings is 1. The number of nitrogens with one attached hydrogen (secondary N) is 1. The van der Waals surface area contributed by atoms with E-state index < -0.39 is 6.04 Å². The number of amides is 3. The van der Waals surface area contributed by atoms with E-state index in [1.54, 1.807) is 11.8 Å². The molecule has 6 nitrogen and oxygen atoms in total. The zero-order valence-corrected chi connectivity index (χ0v) is 13.5. The van der Waals surface area contributed by atoms with Crippen molar-refractivity contribution in [2.24, 2.45) is 0 Å². The quantitative estimate of drug-likeness (QED) is 0.885. The number of carbonyl (C=O) groups excluding carboxylic acids is 2. The standard InChI is InChI=1S/C17H23N3O3/c1-13(18-17(22)19-8-10-23-11-9-19)16(21)20-7-6-14-4-2-3-5-15(14)12-20/h2-5,13H,6-12H2,1H3,(H,18,22)/t13-/m1/s1. The molecule has 1 fully saturated rings. The molecule has 0 spiro atoms. The predicted molar refractivity (Wildman–Crippen MR) is 85.9 cm³/mol. The van der Waals surface area contributed by atoms with Gasteiger partial charge >= 0.3 is 6.03 Å². The third kappa shape index (κ3) is 3.64. The lowest BCUT2D eigenvalue weighted by molar-refractivity contribution is -0.133. The van der Waals surface area contributed by atoms with Gasteiger partial charge in [-0.2, -0.15) is 0 Å². The minimum absolute atomic E-state index is 0.0267. The summed E-state index contributed by atoms with van der Waals surface area (Å²) in [4.78, 5) is 28.3. The molecule has 124 valence electrons. The molecule has 3 amide bonds. The summed E-state index contributed by atoms with van der Waals surface area (Å²) in [6, 6.07) is 7.49. The summed E-state index contributed by atoms with van der Waals surface area (Å²) < 4.78 is 5.23. The average molecular weight is 317 g/mol. The fourth-order valence-corrected chi connectivity index (χ4v) is 3.06. The van der Waals surface area contributed by atoms with E-state index in [-0.39, 0.29) is 11.9 Å². The lowest BCUT2D eigenvalue weighted by Gasteiger charge is -2.32. The van der Waals surface area contributed by atoms with Crippen LogP contribution in [0.3, 0.4) is 0 Å². The van der Waals surface area contributed by atoms with Crippen LogP contribution in [0.5, 0.6) is 0 Å². The molecular weight excluding hydrogens is 294 g/mol. The van der Waals surface area contributed by atoms with E-state index in [4.69, 9.17) is 4.74 Å². The molecule has 1 aromatic rings. The minimum atomic E-state index is -0.518. The van der Waals surface area contributed by atoms with Crippen LogP contribution in [0.25, 0.3) is 0 Å². The van der Waals surface area contributed by atoms with Gasteiger partial charge < -0.3 is 19.9 Å². The van der Waals surface area contributed by atoms with Crippen molar-refractivity contribution in [1.29, 1.82) is 0 Å². The number of ether oxygens (including phenoxy) is 1. The van der Waals surface area contributed by atoms with Gasteiger partial charge in [-0.3, -0.25) is 4.79 Å². The van der Waals surface area contributed by atoms with Gasteiger partial charge in [0.15, 0.2) is 0 Å². The van der Waals surface area contributed by atoms with Crippen LogP contribution in [0.2, 0.25) is 0 Å². The second-order valence-electron chi connectivity index (χ2n) is 6.05. The van der Waals surface area contributed by atoms with E-state index in [1.165, 1.54) is 11.1 Å². The van der Waals surface area contributed by atoms with Crippen LogP contribution < -0.4 is 5.32 Å². The first kappa shape index (κ1) is 15.8. The van der Waals surface area contributed by atoms with Gasteiger partial charge in [0.05, 0.1) is 13.2 Å². The van der Waals surface area contributed by atoms with E-state index in [0.717, 1.165) is 6.42 Å². The Balaban J connectivity index is 1.56. The molecule has 2 aliphatic heterocycles. The van der Waals surface area contributed by atoms with Crippen molar-refractivity contribution < 1.29 is 14.3 Å². The highest BCUT2D eigenvalue weighted by atomic mass is 16.5. The Morgan fingerprint density at radius 2 is 1.78 bits per heavy atom. The van der Waals surface area contributed by atoms with E-state index in [1.807, 2.05) is 17.0 Å². The SMILES string of the molecule is C[C@@H](NC(=O)N1CCOCC1)C(=O)N1CCc2ccccc2C1. The molecule has 0 aliphatic carbocycles. The molecule has 1 aromatic carbocycles. The van der Waals surface area contributed by atoms with Gasteiger partial charge in [-0.15, -0.1) is 0 Å². The molecule has 2 aliphatic rings. The van der Waals surface area contributed by atoms with Crippen molar-refractivity contribution in [3.05, 3.63) is 35.4 Å². The Hall–Kier alpha value is -2.08. The Morgan fingerprint density at radius 1 is 1.09 bits per heavy atom. The molecule has 1 atom stereocenters. The van der Waals surface area contributed by atoms with Crippen LogP contribution in [0, 0.1) is 0 Å². The van der Waals surface area contributed by atoms with Crippen molar-refractivity contribution in [3.8, 4) is 0 Å². The van der Waals surface area contributed by atoms with Crippen LogP contribution in [0.15, 0.2) is 24.3 Å². The first-order valence-electron chi connectivity index (χ1n) is 8.14. The molecule has 1 saturated heterocycles. The Bertz CT molecular complexity index is 584. The fraction of sp³-hybridized carbons (Fsp3) is 0.529. The van der Waals surface area contributed by atoms with Crippen LogP contribution in [-0.2, 0) is 22.5 Å². The Morgan fingerprint density at radius 3 is 2.52 bits per heavy atom. The predicted octanol–water partition coefficient (Wildman–Crippen LogP) is 1.00. The van der Waals surface area contributed by atoms with Crippen molar-refractivity contribution >= 4 is 11.9 Å². The maximum Gasteiger partial charge on any atom is 0.318 e. The highest BCUT2D eigenvalue weighted by molar-refractivity contribution is 5.87. The van der Waals surface area contributed by atoms with E-state index >= 15 is 0 Å². The number of hydrogen-bond acceptors (Lipinski definition) is 3. The summed E-state index contributed by atoms with van der Waals surface area (Å²) in [7, 11) is 0. The molecule has 2 heterocycles. The van der Waals surface area contributed by atoms with Crippen molar-refractivity contribution in [3.63, 3.8) is 0 Å². The average Bonchev–Trinajstić information content (AvgIpc) is 2.61. The van der Waals surface area contributed by atoms with Crippen molar-refractivity contribution in [2.75, 3.05) is 32.8 Å². The fourth-order valence-electron chi connectivity index (χ4n) is 3.06. The Kier molecular flexibility index (Phi) is 4.81. The van der Waals surface area contributed by atoms with Crippen LogP contribution in [0.4, 0.5) is 4.79 Å². The van der Waals surface area contributed by atoms with E-state index in [9.17, 15) is 9.59 Å². The molecule has 0 saturated carbocycles. The molecule has 0 radical (unpaired) electrons. The smallest absolute Gasteiger partial charge is 0.318 e. The maximum absolute atomic E-state index is 12.6. The van der Waals surface area contributed by atoms with Crippen LogP contribution >= 0.6 is 0 Å². The molecular formula is C17H23N3O3. The van der Waals surface area contributed by atoms with Gasteiger partial charge in [0.2, 0.25) is 5.91 Å². The first-order chi connectivity index (χ1) is 11.1. The van der Waals surface area contributed by atoms with E-state index in [0.29, 0.717) is 39.4 Å². The topological polar surface area (TPSA) is 61.9 Å². The number of rotatable bonds is 2. The normalized spacial score (nSPS) is 19.0. The van der Waals surface area contributed by atoms with Crippen molar-refractivity contribution in [1.82, 2.24) is 15.1 Å². The van der Waals surface area contributed by atoms with Crippen LogP contribution in [-0.4, -0.2) is 60.6 Å². The summed E-state index contributed by atoms with van der Waals surface area (Å²) in [6.45, 7) is 5.33. The lowest BCUT2D eigenvalue weighted by Crippen LogP contribution is -2.53. The summed E-state index contributed by atoms with van der Waals surface area (Å²) in [5, 5.41) is 2.81. The lowest BCUT2D eigenvalue weighted by atomic mass is 9.99. The van der Waals surface area contributed by atoms with Gasteiger partial charge in [-0.25, -0.2) is 4.79 Å². The summed E-state index contributed by atoms with van der Waals surface area (Å²) in [5.74, 6) is -0.0267. The number of morpholine rings is 1. The molecule has 6 heteroatoms. The molecule has 1 N–H and O–H groups in total. The van der Waals surface area contributed by atoms with Gasteiger partial charge in [0, 0.05) is 26.2 Å². The number of hydrogen-bond donors (Lipinski definition) is 1. The van der Waals surface area contributed by atoms with Crippen molar-refractivity contribution in [2.45, 2.75) is 25.9 Å². The third-order valence-electron chi connectivity index (χ3n) is 4.45. The number of fused-ring (bicyclic) bond motifs is 1. The summed E-state index contributed by atoms with van der Waals surface area (Å²) in [6.07, 6.45) is 0.867.